The molecular weight excluding hydrogens is 244 g/mol. The van der Waals surface area contributed by atoms with Crippen molar-refractivity contribution in [1.29, 1.82) is 0 Å². The average Bonchev–Trinajstić information content (AvgIpc) is 2.78. The van der Waals surface area contributed by atoms with Crippen LogP contribution in [-0.4, -0.2) is 42.0 Å². The van der Waals surface area contributed by atoms with Crippen LogP contribution in [0, 0.1) is 0 Å². The van der Waals surface area contributed by atoms with Gasteiger partial charge in [-0.15, -0.1) is 0 Å². The normalized spacial score (nSPS) is 23.6. The van der Waals surface area contributed by atoms with Crippen molar-refractivity contribution in [2.75, 3.05) is 26.2 Å². The Hall–Kier alpha value is -0.860. The number of nitrogens with zero attached hydrogens (tertiary/aromatic N) is 2. The zero-order chi connectivity index (χ0) is 13.6. The fraction of sp³-hybridized carbons (Fsp3) is 0.667. The van der Waals surface area contributed by atoms with Crippen LogP contribution in [0.2, 0.25) is 0 Å². The monoisotopic (exact) mass is 272 g/mol. The predicted octanol–water partition coefficient (Wildman–Crippen LogP) is 3.53. The van der Waals surface area contributed by atoms with Gasteiger partial charge in [-0.3, -0.25) is 4.90 Å². The standard InChI is InChI=1S/C18H28N2/c1-2-7-13-20(12-6-1)18-10-14-19(15-11-18)16-17-8-4-3-5-9-17/h3-5,8-9,18H,1-2,6-7,10-16H2. The predicted molar refractivity (Wildman–Crippen MR) is 84.8 cm³/mol. The summed E-state index contributed by atoms with van der Waals surface area (Å²) in [4.78, 5) is 5.41. The van der Waals surface area contributed by atoms with Gasteiger partial charge in [0, 0.05) is 12.6 Å². The summed E-state index contributed by atoms with van der Waals surface area (Å²) in [6.45, 7) is 6.38. The van der Waals surface area contributed by atoms with Crippen molar-refractivity contribution in [3.8, 4) is 0 Å². The van der Waals surface area contributed by atoms with Crippen LogP contribution in [0.5, 0.6) is 0 Å². The molecule has 1 aromatic rings. The van der Waals surface area contributed by atoms with Crippen LogP contribution in [0.1, 0.15) is 44.1 Å². The van der Waals surface area contributed by atoms with E-state index in [0.717, 1.165) is 12.6 Å². The van der Waals surface area contributed by atoms with Crippen molar-refractivity contribution in [3.63, 3.8) is 0 Å². The molecule has 0 bridgehead atoms. The van der Waals surface area contributed by atoms with E-state index >= 15 is 0 Å². The minimum Gasteiger partial charge on any atom is -0.300 e. The summed E-state index contributed by atoms with van der Waals surface area (Å²) in [6, 6.07) is 11.8. The molecule has 0 aliphatic carbocycles. The van der Waals surface area contributed by atoms with E-state index in [1.54, 1.807) is 0 Å². The second-order valence-electron chi connectivity index (χ2n) is 6.44. The molecule has 2 aliphatic heterocycles. The third-order valence-corrected chi connectivity index (χ3v) is 4.96. The Bertz CT molecular complexity index is 374. The molecule has 0 amide bonds. The molecule has 0 radical (unpaired) electrons. The summed E-state index contributed by atoms with van der Waals surface area (Å²) < 4.78 is 0. The summed E-state index contributed by atoms with van der Waals surface area (Å²) >= 11 is 0. The Balaban J connectivity index is 1.46. The number of hydrogen-bond donors (Lipinski definition) is 0. The highest BCUT2D eigenvalue weighted by Crippen LogP contribution is 2.21. The fourth-order valence-corrected chi connectivity index (χ4v) is 3.74. The van der Waals surface area contributed by atoms with Gasteiger partial charge >= 0.3 is 0 Å². The number of likely N-dealkylation sites (tertiary alicyclic amines) is 2. The largest absolute Gasteiger partial charge is 0.300 e. The van der Waals surface area contributed by atoms with Crippen LogP contribution < -0.4 is 0 Å². The van der Waals surface area contributed by atoms with Crippen molar-refractivity contribution >= 4 is 0 Å². The Kier molecular flexibility index (Phi) is 5.10. The Morgan fingerprint density at radius 2 is 1.45 bits per heavy atom. The molecule has 0 N–H and O–H groups in total. The lowest BCUT2D eigenvalue weighted by Gasteiger charge is -2.38. The lowest BCUT2D eigenvalue weighted by Crippen LogP contribution is -2.45. The summed E-state index contributed by atoms with van der Waals surface area (Å²) in [5.41, 5.74) is 1.46. The summed E-state index contributed by atoms with van der Waals surface area (Å²) in [6.07, 6.45) is 8.47. The van der Waals surface area contributed by atoms with Crippen LogP contribution >= 0.6 is 0 Å². The van der Waals surface area contributed by atoms with E-state index in [4.69, 9.17) is 0 Å². The molecule has 0 aromatic heterocycles. The maximum absolute atomic E-state index is 2.78. The van der Waals surface area contributed by atoms with E-state index in [9.17, 15) is 0 Å². The van der Waals surface area contributed by atoms with Crippen molar-refractivity contribution < 1.29 is 0 Å². The highest BCUT2D eigenvalue weighted by Gasteiger charge is 2.24. The number of benzene rings is 1. The zero-order valence-electron chi connectivity index (χ0n) is 12.6. The molecule has 2 heterocycles. The summed E-state index contributed by atoms with van der Waals surface area (Å²) in [5.74, 6) is 0. The van der Waals surface area contributed by atoms with Crippen molar-refractivity contribution in [2.24, 2.45) is 0 Å². The fourth-order valence-electron chi connectivity index (χ4n) is 3.74. The molecule has 2 heteroatoms. The van der Waals surface area contributed by atoms with Gasteiger partial charge in [-0.2, -0.15) is 0 Å². The lowest BCUT2D eigenvalue weighted by molar-refractivity contribution is 0.107. The molecule has 2 nitrogen and oxygen atoms in total. The maximum atomic E-state index is 2.78. The van der Waals surface area contributed by atoms with E-state index in [2.05, 4.69) is 40.1 Å². The lowest BCUT2D eigenvalue weighted by atomic mass is 10.0. The minimum atomic E-state index is 0.861. The van der Waals surface area contributed by atoms with Gasteiger partial charge in [0.25, 0.3) is 0 Å². The molecule has 2 fully saturated rings. The van der Waals surface area contributed by atoms with E-state index in [0.29, 0.717) is 0 Å². The number of rotatable bonds is 3. The van der Waals surface area contributed by atoms with Gasteiger partial charge in [0.15, 0.2) is 0 Å². The van der Waals surface area contributed by atoms with Gasteiger partial charge in [-0.25, -0.2) is 0 Å². The van der Waals surface area contributed by atoms with Crippen LogP contribution in [0.25, 0.3) is 0 Å². The molecule has 0 unspecified atom stereocenters. The third kappa shape index (κ3) is 3.83. The molecule has 2 aliphatic rings. The van der Waals surface area contributed by atoms with Crippen molar-refractivity contribution in [1.82, 2.24) is 9.80 Å². The highest BCUT2D eigenvalue weighted by atomic mass is 15.2. The van der Waals surface area contributed by atoms with Crippen molar-refractivity contribution in [2.45, 2.75) is 51.1 Å². The molecule has 0 spiro atoms. The quantitative estimate of drug-likeness (QED) is 0.830. The smallest absolute Gasteiger partial charge is 0.0233 e. The molecule has 0 saturated carbocycles. The molecule has 3 rings (SSSR count). The highest BCUT2D eigenvalue weighted by molar-refractivity contribution is 5.14. The first-order chi connectivity index (χ1) is 9.92. The SMILES string of the molecule is c1ccc(CN2CCC(N3CCCCCC3)CC2)cc1. The first kappa shape index (κ1) is 14.1. The van der Waals surface area contributed by atoms with Crippen LogP contribution in [-0.2, 0) is 6.54 Å². The zero-order valence-corrected chi connectivity index (χ0v) is 12.6. The van der Waals surface area contributed by atoms with E-state index < -0.39 is 0 Å². The summed E-state index contributed by atoms with van der Waals surface area (Å²) in [7, 11) is 0. The van der Waals surface area contributed by atoms with E-state index in [1.807, 2.05) is 0 Å². The molecular formula is C18H28N2. The number of piperidine rings is 1. The number of hydrogen-bond acceptors (Lipinski definition) is 2. The van der Waals surface area contributed by atoms with E-state index in [-0.39, 0.29) is 0 Å². The summed E-state index contributed by atoms with van der Waals surface area (Å²) in [5, 5.41) is 0. The third-order valence-electron chi connectivity index (χ3n) is 4.96. The average molecular weight is 272 g/mol. The Morgan fingerprint density at radius 3 is 2.10 bits per heavy atom. The van der Waals surface area contributed by atoms with Crippen LogP contribution in [0.3, 0.4) is 0 Å². The first-order valence-electron chi connectivity index (χ1n) is 8.42. The molecule has 1 aromatic carbocycles. The first-order valence-corrected chi connectivity index (χ1v) is 8.42. The molecule has 20 heavy (non-hydrogen) atoms. The Morgan fingerprint density at radius 1 is 0.800 bits per heavy atom. The van der Waals surface area contributed by atoms with Gasteiger partial charge in [-0.05, 0) is 57.4 Å². The minimum absolute atomic E-state index is 0.861. The topological polar surface area (TPSA) is 6.48 Å². The van der Waals surface area contributed by atoms with E-state index in [1.165, 1.54) is 70.3 Å². The second kappa shape index (κ2) is 7.24. The van der Waals surface area contributed by atoms with Crippen LogP contribution in [0.15, 0.2) is 30.3 Å². The molecule has 110 valence electrons. The molecule has 0 atom stereocenters. The van der Waals surface area contributed by atoms with Gasteiger partial charge in [0.05, 0.1) is 0 Å². The second-order valence-corrected chi connectivity index (χ2v) is 6.44. The van der Waals surface area contributed by atoms with Gasteiger partial charge in [0.2, 0.25) is 0 Å². The van der Waals surface area contributed by atoms with Crippen LogP contribution in [0.4, 0.5) is 0 Å². The van der Waals surface area contributed by atoms with Gasteiger partial charge in [-0.1, -0.05) is 43.2 Å². The Labute approximate surface area is 123 Å². The maximum Gasteiger partial charge on any atom is 0.0233 e. The van der Waals surface area contributed by atoms with Crippen molar-refractivity contribution in [3.05, 3.63) is 35.9 Å². The molecule has 2 saturated heterocycles. The van der Waals surface area contributed by atoms with Gasteiger partial charge < -0.3 is 4.90 Å². The van der Waals surface area contributed by atoms with Gasteiger partial charge in [0.1, 0.15) is 0 Å².